The molecule has 1 N–H and O–H groups in total. The second kappa shape index (κ2) is 47.8. The van der Waals surface area contributed by atoms with Gasteiger partial charge in [-0.2, -0.15) is 0 Å². The molecule has 0 radical (unpaired) electrons. The molecule has 1 amide bonds. The van der Waals surface area contributed by atoms with Crippen LogP contribution in [-0.2, 0) is 27.9 Å². The number of quaternary nitrogens is 1. The molecule has 392 valence electrons. The van der Waals surface area contributed by atoms with Crippen molar-refractivity contribution >= 4 is 19.7 Å². The number of hydrogen-bond donors (Lipinski definition) is 1. The molecular weight excluding hydrogens is 868 g/mol. The number of nitrogens with one attached hydrogen (secondary N) is 1. The lowest BCUT2D eigenvalue weighted by Crippen LogP contribution is -2.47. The van der Waals surface area contributed by atoms with E-state index in [1.807, 2.05) is 27.2 Å². The van der Waals surface area contributed by atoms with Gasteiger partial charge < -0.3 is 28.5 Å². The largest absolute Gasteiger partial charge is 0.756 e. The molecule has 0 aromatic carbocycles. The first kappa shape index (κ1) is 65.2. The molecular formula is C58H103N2O7P. The highest BCUT2D eigenvalue weighted by Gasteiger charge is 2.27. The first-order chi connectivity index (χ1) is 32.9. The molecule has 3 atom stereocenters. The number of unbranched alkanes of at least 4 members (excludes halogenated alkanes) is 20. The van der Waals surface area contributed by atoms with Crippen molar-refractivity contribution in [1.82, 2.24) is 5.32 Å². The van der Waals surface area contributed by atoms with Gasteiger partial charge in [-0.25, -0.2) is 0 Å². The number of carbonyl (C=O) groups is 2. The van der Waals surface area contributed by atoms with Crippen LogP contribution in [0, 0.1) is 0 Å². The van der Waals surface area contributed by atoms with Gasteiger partial charge in [0, 0.05) is 12.8 Å². The standard InChI is InChI=1S/C58H103N2O7P/c1-7-10-13-16-19-22-25-27-29-30-31-33-36-39-42-45-48-51-58(62)67-56(49-46-43-40-37-34-24-21-18-15-12-9-3)55(54-66-68(63,64)65-53-52-60(4,5)6)59-57(61)50-47-44-41-38-35-32-28-26-23-20-17-14-11-8-2/h10,13,19,22,27,29,31-33,35,39,42,46,49,55-56H,7-9,11-12,14-18,20-21,23-26,28,30,34,36-38,40-41,43-45,47-48,50-54H2,1-6H3,(H-,59,61,63,64)/b13-10-,22-19-,29-27-,33-31-,35-32-,42-39-,49-46+. The minimum atomic E-state index is -4.71. The number of amides is 1. The van der Waals surface area contributed by atoms with E-state index in [0.717, 1.165) is 83.5 Å². The minimum absolute atomic E-state index is 0.0371. The monoisotopic (exact) mass is 971 g/mol. The molecule has 0 heterocycles. The van der Waals surface area contributed by atoms with E-state index in [9.17, 15) is 19.0 Å². The Labute approximate surface area is 418 Å². The van der Waals surface area contributed by atoms with E-state index in [1.165, 1.54) is 89.9 Å². The Morgan fingerprint density at radius 2 is 0.956 bits per heavy atom. The second-order valence-electron chi connectivity index (χ2n) is 19.3. The van der Waals surface area contributed by atoms with E-state index >= 15 is 0 Å². The predicted octanol–water partition coefficient (Wildman–Crippen LogP) is 15.6. The first-order valence-corrected chi connectivity index (χ1v) is 28.9. The van der Waals surface area contributed by atoms with Gasteiger partial charge in [0.1, 0.15) is 19.3 Å². The van der Waals surface area contributed by atoms with Crippen LogP contribution in [0.3, 0.4) is 0 Å². The lowest BCUT2D eigenvalue weighted by Gasteiger charge is -2.30. The van der Waals surface area contributed by atoms with Crippen molar-refractivity contribution in [3.8, 4) is 0 Å². The number of allylic oxidation sites excluding steroid dienone is 13. The fourth-order valence-corrected chi connectivity index (χ4v) is 8.04. The number of likely N-dealkylation sites (N-methyl/N-ethyl adjacent to an activating group) is 1. The number of phosphoric ester groups is 1. The molecule has 10 heteroatoms. The van der Waals surface area contributed by atoms with E-state index in [2.05, 4.69) is 99.0 Å². The summed E-state index contributed by atoms with van der Waals surface area (Å²) in [5, 5.41) is 2.99. The van der Waals surface area contributed by atoms with Crippen molar-refractivity contribution in [3.63, 3.8) is 0 Å². The topological polar surface area (TPSA) is 114 Å². The maximum absolute atomic E-state index is 13.4. The number of esters is 1. The molecule has 0 aromatic rings. The van der Waals surface area contributed by atoms with E-state index < -0.39 is 32.5 Å². The molecule has 0 rings (SSSR count). The highest BCUT2D eigenvalue weighted by molar-refractivity contribution is 7.45. The second-order valence-corrected chi connectivity index (χ2v) is 20.8. The molecule has 0 bridgehead atoms. The molecule has 9 nitrogen and oxygen atoms in total. The summed E-state index contributed by atoms with van der Waals surface area (Å²) >= 11 is 0. The van der Waals surface area contributed by atoms with Crippen LogP contribution in [0.1, 0.15) is 220 Å². The summed E-state index contributed by atoms with van der Waals surface area (Å²) in [6, 6.07) is -0.921. The van der Waals surface area contributed by atoms with E-state index in [1.54, 1.807) is 6.08 Å². The van der Waals surface area contributed by atoms with Crippen LogP contribution in [0.25, 0.3) is 0 Å². The van der Waals surface area contributed by atoms with Crippen LogP contribution in [0.15, 0.2) is 85.1 Å². The van der Waals surface area contributed by atoms with Gasteiger partial charge in [0.05, 0.1) is 33.8 Å². The van der Waals surface area contributed by atoms with Crippen molar-refractivity contribution in [2.24, 2.45) is 0 Å². The summed E-state index contributed by atoms with van der Waals surface area (Å²) in [6.45, 7) is 6.64. The molecule has 0 aliphatic heterocycles. The van der Waals surface area contributed by atoms with Crippen molar-refractivity contribution in [2.45, 2.75) is 232 Å². The molecule has 68 heavy (non-hydrogen) atoms. The van der Waals surface area contributed by atoms with Crippen LogP contribution in [0.4, 0.5) is 0 Å². The molecule has 3 unspecified atom stereocenters. The third-order valence-corrected chi connectivity index (χ3v) is 12.5. The Morgan fingerprint density at radius 1 is 0.529 bits per heavy atom. The summed E-state index contributed by atoms with van der Waals surface area (Å²) in [5.41, 5.74) is 0. The van der Waals surface area contributed by atoms with Crippen LogP contribution in [0.5, 0.6) is 0 Å². The fraction of sp³-hybridized carbons (Fsp3) is 0.724. The molecule has 0 saturated carbocycles. The van der Waals surface area contributed by atoms with Gasteiger partial charge >= 0.3 is 5.97 Å². The molecule has 0 aliphatic carbocycles. The number of phosphoric acid groups is 1. The number of carbonyl (C=O) groups excluding carboxylic acids is 2. The Hall–Kier alpha value is -2.81. The van der Waals surface area contributed by atoms with Gasteiger partial charge in [0.2, 0.25) is 5.91 Å². The Balaban J connectivity index is 5.49. The van der Waals surface area contributed by atoms with E-state index in [-0.39, 0.29) is 25.4 Å². The molecule has 0 aliphatic rings. The van der Waals surface area contributed by atoms with Gasteiger partial charge in [-0.15, -0.1) is 0 Å². The highest BCUT2D eigenvalue weighted by atomic mass is 31.2. The van der Waals surface area contributed by atoms with Crippen LogP contribution >= 0.6 is 7.82 Å². The smallest absolute Gasteiger partial charge is 0.306 e. The lowest BCUT2D eigenvalue weighted by molar-refractivity contribution is -0.870. The van der Waals surface area contributed by atoms with Gasteiger partial charge in [-0.05, 0) is 96.0 Å². The maximum atomic E-state index is 13.4. The number of ether oxygens (including phenoxy) is 1. The van der Waals surface area contributed by atoms with Crippen LogP contribution in [-0.4, -0.2) is 69.4 Å². The Bertz CT molecular complexity index is 1440. The van der Waals surface area contributed by atoms with Crippen molar-refractivity contribution < 1.29 is 37.3 Å². The first-order valence-electron chi connectivity index (χ1n) is 27.4. The van der Waals surface area contributed by atoms with Gasteiger partial charge in [-0.1, -0.05) is 196 Å². The van der Waals surface area contributed by atoms with Crippen LogP contribution < -0.4 is 10.2 Å². The Morgan fingerprint density at radius 3 is 1.46 bits per heavy atom. The summed E-state index contributed by atoms with van der Waals surface area (Å²) < 4.78 is 30.1. The summed E-state index contributed by atoms with van der Waals surface area (Å²) in [6.07, 6.45) is 61.3. The zero-order valence-electron chi connectivity index (χ0n) is 44.5. The third-order valence-electron chi connectivity index (χ3n) is 11.6. The molecule has 0 fully saturated rings. The van der Waals surface area contributed by atoms with Crippen molar-refractivity contribution in [3.05, 3.63) is 85.1 Å². The average molecular weight is 971 g/mol. The zero-order chi connectivity index (χ0) is 50.1. The average Bonchev–Trinajstić information content (AvgIpc) is 3.29. The van der Waals surface area contributed by atoms with Crippen LogP contribution in [0.2, 0.25) is 0 Å². The van der Waals surface area contributed by atoms with Gasteiger partial charge in [0.25, 0.3) is 7.82 Å². The molecule has 0 saturated heterocycles. The predicted molar refractivity (Wildman–Crippen MR) is 288 cm³/mol. The number of hydrogen-bond acceptors (Lipinski definition) is 7. The normalized spacial score (nSPS) is 14.5. The third kappa shape index (κ3) is 48.2. The van der Waals surface area contributed by atoms with Crippen molar-refractivity contribution in [2.75, 3.05) is 40.9 Å². The number of nitrogens with zero attached hydrogens (tertiary/aromatic N) is 1. The quantitative estimate of drug-likeness (QED) is 0.0212. The minimum Gasteiger partial charge on any atom is -0.756 e. The maximum Gasteiger partial charge on any atom is 0.306 e. The van der Waals surface area contributed by atoms with Gasteiger partial charge in [-0.3, -0.25) is 14.2 Å². The lowest BCUT2D eigenvalue weighted by atomic mass is 10.1. The van der Waals surface area contributed by atoms with Crippen molar-refractivity contribution in [1.29, 1.82) is 0 Å². The molecule has 0 spiro atoms. The SMILES string of the molecule is CC/C=C\C/C=C\C/C=C\C/C=C\C/C=C\CCCC(=O)OC(/C=C/CCCCCCCCCCC)C(COP(=O)([O-])OCC[N+](C)(C)C)NC(=O)CCCCC/C=C\CCCCCCCCC. The zero-order valence-corrected chi connectivity index (χ0v) is 45.4. The van der Waals surface area contributed by atoms with E-state index in [0.29, 0.717) is 23.9 Å². The summed E-state index contributed by atoms with van der Waals surface area (Å²) in [7, 11) is 1.13. The highest BCUT2D eigenvalue weighted by Crippen LogP contribution is 2.38. The summed E-state index contributed by atoms with van der Waals surface area (Å²) in [4.78, 5) is 39.7. The fourth-order valence-electron chi connectivity index (χ4n) is 7.31. The van der Waals surface area contributed by atoms with E-state index in [4.69, 9.17) is 13.8 Å². The summed E-state index contributed by atoms with van der Waals surface area (Å²) in [5.74, 6) is -0.634. The number of rotatable bonds is 48. The van der Waals surface area contributed by atoms with Gasteiger partial charge in [0.15, 0.2) is 0 Å². The Kier molecular flexibility index (Phi) is 45.9. The molecule has 0 aromatic heterocycles.